The molecule has 0 amide bonds. The smallest absolute Gasteiger partial charge is 0.113 e. The number of aromatic nitrogens is 1. The van der Waals surface area contributed by atoms with Gasteiger partial charge < -0.3 is 5.11 Å². The molecular formula is C11H11NO. The molecule has 0 unspecified atom stereocenters. The molecule has 0 bridgehead atoms. The third-order valence-corrected chi connectivity index (χ3v) is 1.99. The van der Waals surface area contributed by atoms with Gasteiger partial charge in [-0.1, -0.05) is 5.92 Å². The minimum atomic E-state index is 0.0562. The van der Waals surface area contributed by atoms with Crippen molar-refractivity contribution >= 4 is 0 Å². The highest BCUT2D eigenvalue weighted by Crippen LogP contribution is 2.27. The van der Waals surface area contributed by atoms with Gasteiger partial charge in [0.2, 0.25) is 0 Å². The van der Waals surface area contributed by atoms with E-state index in [2.05, 4.69) is 16.8 Å². The van der Waals surface area contributed by atoms with Gasteiger partial charge in [-0.2, -0.15) is 0 Å². The number of aliphatic hydroxyl groups excluding tert-OH is 1. The lowest BCUT2D eigenvalue weighted by molar-refractivity contribution is 0.281. The van der Waals surface area contributed by atoms with Crippen LogP contribution in [0.2, 0.25) is 0 Å². The summed E-state index contributed by atoms with van der Waals surface area (Å²) in [6.45, 7) is 0.0562. The monoisotopic (exact) mass is 173 g/mol. The molecule has 0 aromatic carbocycles. The van der Waals surface area contributed by atoms with Crippen molar-refractivity contribution in [2.24, 2.45) is 5.92 Å². The fourth-order valence-electron chi connectivity index (χ4n) is 1.04. The Kier molecular flexibility index (Phi) is 2.29. The Labute approximate surface area is 77.6 Å². The summed E-state index contributed by atoms with van der Waals surface area (Å²) in [6.07, 6.45) is 4.14. The number of hydrogen-bond donors (Lipinski definition) is 1. The highest BCUT2D eigenvalue weighted by molar-refractivity contribution is 5.31. The molecule has 1 aromatic heterocycles. The maximum Gasteiger partial charge on any atom is 0.113 e. The summed E-state index contributed by atoms with van der Waals surface area (Å²) >= 11 is 0. The molecule has 0 atom stereocenters. The Morgan fingerprint density at radius 3 is 3.08 bits per heavy atom. The van der Waals surface area contributed by atoms with Gasteiger partial charge >= 0.3 is 0 Å². The van der Waals surface area contributed by atoms with Gasteiger partial charge in [0.1, 0.15) is 5.69 Å². The van der Waals surface area contributed by atoms with Gasteiger partial charge in [0.25, 0.3) is 0 Å². The lowest BCUT2D eigenvalue weighted by Gasteiger charge is -1.94. The van der Waals surface area contributed by atoms with Gasteiger partial charge in [0.15, 0.2) is 0 Å². The van der Waals surface area contributed by atoms with E-state index >= 15 is 0 Å². The molecule has 1 N–H and O–H groups in total. The topological polar surface area (TPSA) is 33.1 Å². The molecule has 1 fully saturated rings. The van der Waals surface area contributed by atoms with Gasteiger partial charge in [-0.25, -0.2) is 4.98 Å². The largest absolute Gasteiger partial charge is 0.392 e. The molecule has 1 aliphatic carbocycles. The molecule has 0 spiro atoms. The SMILES string of the molecule is OCc1ccnc(C#CC2CC2)c1. The fourth-order valence-corrected chi connectivity index (χ4v) is 1.04. The molecular weight excluding hydrogens is 162 g/mol. The Morgan fingerprint density at radius 1 is 1.54 bits per heavy atom. The highest BCUT2D eigenvalue weighted by Gasteiger charge is 2.17. The molecule has 2 rings (SSSR count). The molecule has 1 heterocycles. The number of rotatable bonds is 1. The maximum absolute atomic E-state index is 8.88. The highest BCUT2D eigenvalue weighted by atomic mass is 16.3. The third kappa shape index (κ3) is 2.30. The van der Waals surface area contributed by atoms with E-state index in [1.54, 1.807) is 12.3 Å². The minimum Gasteiger partial charge on any atom is -0.392 e. The Bertz CT molecular complexity index is 358. The van der Waals surface area contributed by atoms with Crippen molar-refractivity contribution in [1.29, 1.82) is 0 Å². The van der Waals surface area contributed by atoms with E-state index in [0.717, 1.165) is 11.3 Å². The Hall–Kier alpha value is -1.33. The van der Waals surface area contributed by atoms with Crippen molar-refractivity contribution in [3.8, 4) is 11.8 Å². The van der Waals surface area contributed by atoms with Crippen LogP contribution in [-0.2, 0) is 6.61 Å². The van der Waals surface area contributed by atoms with Gasteiger partial charge in [-0.15, -0.1) is 0 Å². The number of pyridine rings is 1. The molecule has 1 aliphatic rings. The van der Waals surface area contributed by atoms with Crippen molar-refractivity contribution in [2.45, 2.75) is 19.4 Å². The molecule has 0 aliphatic heterocycles. The first-order chi connectivity index (χ1) is 6.38. The summed E-state index contributed by atoms with van der Waals surface area (Å²) in [4.78, 5) is 4.10. The first-order valence-electron chi connectivity index (χ1n) is 4.46. The van der Waals surface area contributed by atoms with Crippen LogP contribution in [0.3, 0.4) is 0 Å². The molecule has 13 heavy (non-hydrogen) atoms. The van der Waals surface area contributed by atoms with Crippen LogP contribution in [0.5, 0.6) is 0 Å². The van der Waals surface area contributed by atoms with Gasteiger partial charge in [0.05, 0.1) is 6.61 Å². The van der Waals surface area contributed by atoms with E-state index in [-0.39, 0.29) is 6.61 Å². The summed E-state index contributed by atoms with van der Waals surface area (Å²) in [5.41, 5.74) is 1.63. The Balaban J connectivity index is 2.15. The van der Waals surface area contributed by atoms with E-state index in [1.165, 1.54) is 12.8 Å². The molecule has 0 radical (unpaired) electrons. The Morgan fingerprint density at radius 2 is 2.38 bits per heavy atom. The zero-order chi connectivity index (χ0) is 9.10. The third-order valence-electron chi connectivity index (χ3n) is 1.99. The van der Waals surface area contributed by atoms with Crippen LogP contribution in [0, 0.1) is 17.8 Å². The average molecular weight is 173 g/mol. The summed E-state index contributed by atoms with van der Waals surface area (Å²) in [5.74, 6) is 6.74. The second-order valence-corrected chi connectivity index (χ2v) is 3.25. The van der Waals surface area contributed by atoms with Crippen molar-refractivity contribution < 1.29 is 5.11 Å². The summed E-state index contributed by atoms with van der Waals surface area (Å²) in [5, 5.41) is 8.88. The summed E-state index contributed by atoms with van der Waals surface area (Å²) in [6, 6.07) is 3.62. The first kappa shape index (κ1) is 8.28. The number of aliphatic hydroxyl groups is 1. The van der Waals surface area contributed by atoms with Crippen molar-refractivity contribution in [2.75, 3.05) is 0 Å². The van der Waals surface area contributed by atoms with Crippen LogP contribution in [0.15, 0.2) is 18.3 Å². The van der Waals surface area contributed by atoms with Crippen LogP contribution in [0.25, 0.3) is 0 Å². The van der Waals surface area contributed by atoms with Gasteiger partial charge in [-0.3, -0.25) is 0 Å². The quantitative estimate of drug-likeness (QED) is 0.650. The molecule has 66 valence electrons. The van der Waals surface area contributed by atoms with Crippen LogP contribution in [-0.4, -0.2) is 10.1 Å². The predicted molar refractivity (Wildman–Crippen MR) is 49.8 cm³/mol. The molecule has 2 heteroatoms. The summed E-state index contributed by atoms with van der Waals surface area (Å²) in [7, 11) is 0. The normalized spacial score (nSPS) is 14.8. The second-order valence-electron chi connectivity index (χ2n) is 3.25. The van der Waals surface area contributed by atoms with E-state index in [9.17, 15) is 0 Å². The van der Waals surface area contributed by atoms with Crippen molar-refractivity contribution in [1.82, 2.24) is 4.98 Å². The molecule has 0 saturated heterocycles. The van der Waals surface area contributed by atoms with Crippen LogP contribution < -0.4 is 0 Å². The number of hydrogen-bond acceptors (Lipinski definition) is 2. The van der Waals surface area contributed by atoms with Crippen LogP contribution >= 0.6 is 0 Å². The zero-order valence-electron chi connectivity index (χ0n) is 7.33. The standard InChI is InChI=1S/C11H11NO/c13-8-10-5-6-12-11(7-10)4-3-9-1-2-9/h5-7,9,13H,1-2,8H2. The second kappa shape index (κ2) is 3.59. The van der Waals surface area contributed by atoms with Crippen molar-refractivity contribution in [3.05, 3.63) is 29.6 Å². The summed E-state index contributed by atoms with van der Waals surface area (Å²) < 4.78 is 0. The predicted octanol–water partition coefficient (Wildman–Crippen LogP) is 1.34. The van der Waals surface area contributed by atoms with E-state index < -0.39 is 0 Å². The van der Waals surface area contributed by atoms with E-state index in [1.807, 2.05) is 6.07 Å². The van der Waals surface area contributed by atoms with E-state index in [4.69, 9.17) is 5.11 Å². The molecule has 1 aromatic rings. The van der Waals surface area contributed by atoms with E-state index in [0.29, 0.717) is 5.92 Å². The van der Waals surface area contributed by atoms with Crippen LogP contribution in [0.1, 0.15) is 24.1 Å². The number of nitrogens with zero attached hydrogens (tertiary/aromatic N) is 1. The zero-order valence-corrected chi connectivity index (χ0v) is 7.33. The lowest BCUT2D eigenvalue weighted by atomic mass is 10.2. The van der Waals surface area contributed by atoms with Gasteiger partial charge in [0, 0.05) is 12.1 Å². The van der Waals surface area contributed by atoms with Gasteiger partial charge in [-0.05, 0) is 36.5 Å². The molecule has 2 nitrogen and oxygen atoms in total. The first-order valence-corrected chi connectivity index (χ1v) is 4.46. The minimum absolute atomic E-state index is 0.0562. The average Bonchev–Trinajstić information content (AvgIpc) is 2.99. The maximum atomic E-state index is 8.88. The molecule has 1 saturated carbocycles. The lowest BCUT2D eigenvalue weighted by Crippen LogP contribution is -1.87. The fraction of sp³-hybridized carbons (Fsp3) is 0.364. The van der Waals surface area contributed by atoms with Crippen LogP contribution in [0.4, 0.5) is 0 Å². The van der Waals surface area contributed by atoms with Crippen molar-refractivity contribution in [3.63, 3.8) is 0 Å².